The summed E-state index contributed by atoms with van der Waals surface area (Å²) in [5, 5.41) is 3.21. The second-order valence-electron chi connectivity index (χ2n) is 5.76. The first-order valence-corrected chi connectivity index (χ1v) is 7.86. The Morgan fingerprint density at radius 2 is 1.65 bits per heavy atom. The van der Waals surface area contributed by atoms with Crippen molar-refractivity contribution in [3.05, 3.63) is 35.4 Å². The molecule has 1 aliphatic rings. The van der Waals surface area contributed by atoms with Gasteiger partial charge in [-0.2, -0.15) is 0 Å². The van der Waals surface area contributed by atoms with Gasteiger partial charge >= 0.3 is 0 Å². The van der Waals surface area contributed by atoms with E-state index in [1.807, 2.05) is 24.3 Å². The Hall–Kier alpha value is -1.35. The molecule has 1 saturated carbocycles. The molecular formula is C17H26N2O. The summed E-state index contributed by atoms with van der Waals surface area (Å²) < 4.78 is 0. The SMILES string of the molecule is NCc1ccccc1CC(=O)NC1CCCCCCC1. The van der Waals surface area contributed by atoms with Crippen molar-refractivity contribution in [1.82, 2.24) is 5.32 Å². The molecule has 0 aliphatic heterocycles. The molecule has 20 heavy (non-hydrogen) atoms. The van der Waals surface area contributed by atoms with Crippen molar-refractivity contribution in [2.24, 2.45) is 5.73 Å². The van der Waals surface area contributed by atoms with E-state index in [-0.39, 0.29) is 5.91 Å². The summed E-state index contributed by atoms with van der Waals surface area (Å²) in [6, 6.07) is 8.31. The van der Waals surface area contributed by atoms with Crippen molar-refractivity contribution < 1.29 is 4.79 Å². The zero-order valence-electron chi connectivity index (χ0n) is 12.2. The molecule has 3 N–H and O–H groups in total. The van der Waals surface area contributed by atoms with Crippen LogP contribution in [-0.4, -0.2) is 11.9 Å². The summed E-state index contributed by atoms with van der Waals surface area (Å²) in [6.07, 6.45) is 9.16. The summed E-state index contributed by atoms with van der Waals surface area (Å²) >= 11 is 0. The summed E-state index contributed by atoms with van der Waals surface area (Å²) in [5.41, 5.74) is 7.84. The van der Waals surface area contributed by atoms with Crippen LogP contribution in [0.1, 0.15) is 56.1 Å². The van der Waals surface area contributed by atoms with Crippen LogP contribution in [0.5, 0.6) is 0 Å². The minimum atomic E-state index is 0.136. The molecule has 0 heterocycles. The first kappa shape index (κ1) is 15.0. The quantitative estimate of drug-likeness (QED) is 0.887. The van der Waals surface area contributed by atoms with E-state index in [4.69, 9.17) is 5.73 Å². The van der Waals surface area contributed by atoms with E-state index in [2.05, 4.69) is 5.32 Å². The molecule has 3 heteroatoms. The van der Waals surface area contributed by atoms with E-state index in [1.54, 1.807) is 0 Å². The van der Waals surface area contributed by atoms with Gasteiger partial charge in [0.2, 0.25) is 5.91 Å². The Kier molecular flexibility index (Phi) is 6.06. The van der Waals surface area contributed by atoms with E-state index in [0.717, 1.165) is 24.0 Å². The minimum absolute atomic E-state index is 0.136. The van der Waals surface area contributed by atoms with Crippen molar-refractivity contribution in [3.8, 4) is 0 Å². The Labute approximate surface area is 121 Å². The first-order valence-electron chi connectivity index (χ1n) is 7.86. The number of hydrogen-bond acceptors (Lipinski definition) is 2. The molecule has 0 bridgehead atoms. The topological polar surface area (TPSA) is 55.1 Å². The van der Waals surface area contributed by atoms with Crippen LogP contribution in [0.2, 0.25) is 0 Å². The Morgan fingerprint density at radius 3 is 2.30 bits per heavy atom. The average molecular weight is 274 g/mol. The Balaban J connectivity index is 1.87. The van der Waals surface area contributed by atoms with Crippen molar-refractivity contribution in [1.29, 1.82) is 0 Å². The monoisotopic (exact) mass is 274 g/mol. The highest BCUT2D eigenvalue weighted by Crippen LogP contribution is 2.17. The zero-order chi connectivity index (χ0) is 14.2. The minimum Gasteiger partial charge on any atom is -0.353 e. The second-order valence-corrected chi connectivity index (χ2v) is 5.76. The number of nitrogens with one attached hydrogen (secondary N) is 1. The van der Waals surface area contributed by atoms with Crippen molar-refractivity contribution in [2.75, 3.05) is 0 Å². The molecule has 1 aromatic rings. The predicted octanol–water partition coefficient (Wildman–Crippen LogP) is 2.92. The fourth-order valence-corrected chi connectivity index (χ4v) is 2.98. The number of amides is 1. The van der Waals surface area contributed by atoms with E-state index in [0.29, 0.717) is 19.0 Å². The van der Waals surface area contributed by atoms with Crippen molar-refractivity contribution >= 4 is 5.91 Å². The highest BCUT2D eigenvalue weighted by atomic mass is 16.1. The Bertz CT molecular complexity index is 423. The van der Waals surface area contributed by atoms with Gasteiger partial charge in [0.1, 0.15) is 0 Å². The van der Waals surface area contributed by atoms with Gasteiger partial charge in [-0.05, 0) is 24.0 Å². The molecule has 1 aromatic carbocycles. The molecule has 0 radical (unpaired) electrons. The normalized spacial score (nSPS) is 17.2. The lowest BCUT2D eigenvalue weighted by molar-refractivity contribution is -0.121. The molecule has 1 aliphatic carbocycles. The maximum atomic E-state index is 12.2. The number of hydrogen-bond donors (Lipinski definition) is 2. The number of benzene rings is 1. The van der Waals surface area contributed by atoms with Gasteiger partial charge in [0.25, 0.3) is 0 Å². The van der Waals surface area contributed by atoms with Crippen LogP contribution in [0.4, 0.5) is 0 Å². The maximum absolute atomic E-state index is 12.2. The Morgan fingerprint density at radius 1 is 1.05 bits per heavy atom. The third-order valence-corrected chi connectivity index (χ3v) is 4.16. The number of carbonyl (C=O) groups is 1. The van der Waals surface area contributed by atoms with E-state index in [1.165, 1.54) is 32.1 Å². The fourth-order valence-electron chi connectivity index (χ4n) is 2.98. The molecule has 0 aromatic heterocycles. The maximum Gasteiger partial charge on any atom is 0.224 e. The number of rotatable bonds is 4. The van der Waals surface area contributed by atoms with E-state index < -0.39 is 0 Å². The second kappa shape index (κ2) is 8.05. The van der Waals surface area contributed by atoms with Crippen molar-refractivity contribution in [3.63, 3.8) is 0 Å². The zero-order valence-corrected chi connectivity index (χ0v) is 12.2. The summed E-state index contributed by atoms with van der Waals surface area (Å²) in [6.45, 7) is 0.493. The lowest BCUT2D eigenvalue weighted by Crippen LogP contribution is -2.36. The number of nitrogens with two attached hydrogens (primary N) is 1. The third-order valence-electron chi connectivity index (χ3n) is 4.16. The van der Waals surface area contributed by atoms with Crippen LogP contribution >= 0.6 is 0 Å². The summed E-state index contributed by atoms with van der Waals surface area (Å²) in [5.74, 6) is 0.136. The van der Waals surface area contributed by atoms with Gasteiger partial charge < -0.3 is 11.1 Å². The molecule has 0 atom stereocenters. The van der Waals surface area contributed by atoms with Crippen LogP contribution in [0.25, 0.3) is 0 Å². The van der Waals surface area contributed by atoms with Crippen LogP contribution < -0.4 is 11.1 Å². The standard InChI is InChI=1S/C17H26N2O/c18-13-15-9-7-6-8-14(15)12-17(20)19-16-10-4-2-1-3-5-11-16/h6-9,16H,1-5,10-13,18H2,(H,19,20). The van der Waals surface area contributed by atoms with Gasteiger partial charge in [-0.15, -0.1) is 0 Å². The molecule has 1 amide bonds. The lowest BCUT2D eigenvalue weighted by atomic mass is 9.96. The smallest absolute Gasteiger partial charge is 0.224 e. The predicted molar refractivity (Wildman–Crippen MR) is 82.3 cm³/mol. The molecule has 0 spiro atoms. The van der Waals surface area contributed by atoms with Crippen LogP contribution in [-0.2, 0) is 17.8 Å². The largest absolute Gasteiger partial charge is 0.353 e. The molecule has 3 nitrogen and oxygen atoms in total. The first-order chi connectivity index (χ1) is 9.79. The van der Waals surface area contributed by atoms with Gasteiger partial charge in [-0.1, -0.05) is 56.4 Å². The summed E-state index contributed by atoms with van der Waals surface area (Å²) in [4.78, 5) is 12.2. The average Bonchev–Trinajstić information content (AvgIpc) is 2.42. The van der Waals surface area contributed by atoms with Gasteiger partial charge in [0.15, 0.2) is 0 Å². The van der Waals surface area contributed by atoms with Gasteiger partial charge in [0, 0.05) is 12.6 Å². The van der Waals surface area contributed by atoms with Crippen LogP contribution in [0.15, 0.2) is 24.3 Å². The fraction of sp³-hybridized carbons (Fsp3) is 0.588. The van der Waals surface area contributed by atoms with Crippen molar-refractivity contribution in [2.45, 2.75) is 64.0 Å². The van der Waals surface area contributed by atoms with Gasteiger partial charge in [-0.3, -0.25) is 4.79 Å². The molecule has 0 saturated heterocycles. The number of carbonyl (C=O) groups excluding carboxylic acids is 1. The highest BCUT2D eigenvalue weighted by Gasteiger charge is 2.14. The molecule has 110 valence electrons. The van der Waals surface area contributed by atoms with E-state index >= 15 is 0 Å². The molecule has 2 rings (SSSR count). The van der Waals surface area contributed by atoms with Gasteiger partial charge in [0.05, 0.1) is 6.42 Å². The van der Waals surface area contributed by atoms with Gasteiger partial charge in [-0.25, -0.2) is 0 Å². The van der Waals surface area contributed by atoms with E-state index in [9.17, 15) is 4.79 Å². The highest BCUT2D eigenvalue weighted by molar-refractivity contribution is 5.79. The van der Waals surface area contributed by atoms with Crippen LogP contribution in [0.3, 0.4) is 0 Å². The van der Waals surface area contributed by atoms with Crippen LogP contribution in [0, 0.1) is 0 Å². The summed E-state index contributed by atoms with van der Waals surface area (Å²) in [7, 11) is 0. The molecule has 0 unspecified atom stereocenters. The third kappa shape index (κ3) is 4.64. The molecular weight excluding hydrogens is 248 g/mol. The molecule has 1 fully saturated rings. The lowest BCUT2D eigenvalue weighted by Gasteiger charge is -2.21.